The molecule has 0 aromatic heterocycles. The molecule has 1 aliphatic heterocycles. The SMILES string of the molecule is O=CN(O)C[C@@H](Cc1ccccc1)C(=O)NC1COc2ccccc2C(CC(=O)O)C1=O. The maximum absolute atomic E-state index is 13.2. The minimum atomic E-state index is -1.14. The number of ether oxygens (including phenoxy) is 1. The largest absolute Gasteiger partial charge is 0.491 e. The Morgan fingerprint density at radius 1 is 1.16 bits per heavy atom. The zero-order chi connectivity index (χ0) is 23.1. The van der Waals surface area contributed by atoms with E-state index >= 15 is 0 Å². The Labute approximate surface area is 184 Å². The summed E-state index contributed by atoms with van der Waals surface area (Å²) in [5, 5.41) is 22.0. The summed E-state index contributed by atoms with van der Waals surface area (Å²) in [4.78, 5) is 48.5. The van der Waals surface area contributed by atoms with Crippen molar-refractivity contribution in [1.82, 2.24) is 10.4 Å². The van der Waals surface area contributed by atoms with E-state index in [9.17, 15) is 29.5 Å². The molecular weight excluding hydrogens is 416 g/mol. The van der Waals surface area contributed by atoms with E-state index in [1.807, 2.05) is 18.2 Å². The van der Waals surface area contributed by atoms with Crippen molar-refractivity contribution in [3.05, 3.63) is 65.7 Å². The molecule has 9 nitrogen and oxygen atoms in total. The van der Waals surface area contributed by atoms with E-state index in [4.69, 9.17) is 4.74 Å². The highest BCUT2D eigenvalue weighted by molar-refractivity contribution is 5.97. The number of hydrogen-bond acceptors (Lipinski definition) is 6. The zero-order valence-electron chi connectivity index (χ0n) is 17.2. The van der Waals surface area contributed by atoms with Crippen LogP contribution in [0.1, 0.15) is 23.5 Å². The fraction of sp³-hybridized carbons (Fsp3) is 0.304. The number of hydrogen-bond donors (Lipinski definition) is 3. The normalized spacial score (nSPS) is 18.5. The predicted molar refractivity (Wildman–Crippen MR) is 112 cm³/mol. The van der Waals surface area contributed by atoms with Crippen molar-refractivity contribution in [1.29, 1.82) is 0 Å². The van der Waals surface area contributed by atoms with Crippen LogP contribution in [0.3, 0.4) is 0 Å². The van der Waals surface area contributed by atoms with Crippen molar-refractivity contribution in [2.75, 3.05) is 13.2 Å². The summed E-state index contributed by atoms with van der Waals surface area (Å²) < 4.78 is 5.70. The van der Waals surface area contributed by atoms with Gasteiger partial charge in [0.15, 0.2) is 5.78 Å². The van der Waals surface area contributed by atoms with E-state index in [2.05, 4.69) is 5.32 Å². The Morgan fingerprint density at radius 2 is 1.84 bits per heavy atom. The topological polar surface area (TPSA) is 133 Å². The zero-order valence-corrected chi connectivity index (χ0v) is 17.2. The molecule has 32 heavy (non-hydrogen) atoms. The number of nitrogens with zero attached hydrogens (tertiary/aromatic N) is 1. The van der Waals surface area contributed by atoms with Crippen LogP contribution in [-0.4, -0.2) is 58.6 Å². The first kappa shape index (κ1) is 23.0. The summed E-state index contributed by atoms with van der Waals surface area (Å²) in [6.07, 6.45) is -0.0164. The second-order valence-corrected chi connectivity index (χ2v) is 7.58. The molecule has 2 aromatic carbocycles. The molecule has 0 saturated heterocycles. The molecule has 0 bridgehead atoms. The van der Waals surface area contributed by atoms with Crippen LogP contribution in [0.2, 0.25) is 0 Å². The molecule has 1 heterocycles. The molecule has 9 heteroatoms. The number of carbonyl (C=O) groups is 4. The highest BCUT2D eigenvalue weighted by Gasteiger charge is 2.37. The van der Waals surface area contributed by atoms with Crippen molar-refractivity contribution in [3.8, 4) is 5.75 Å². The maximum Gasteiger partial charge on any atom is 0.304 e. The lowest BCUT2D eigenvalue weighted by atomic mass is 9.88. The van der Waals surface area contributed by atoms with Gasteiger partial charge in [-0.25, -0.2) is 5.06 Å². The third-order valence-electron chi connectivity index (χ3n) is 5.31. The minimum Gasteiger partial charge on any atom is -0.491 e. The number of carboxylic acids is 1. The van der Waals surface area contributed by atoms with Gasteiger partial charge in [-0.1, -0.05) is 48.5 Å². The van der Waals surface area contributed by atoms with Gasteiger partial charge in [0.25, 0.3) is 0 Å². The second-order valence-electron chi connectivity index (χ2n) is 7.58. The molecule has 2 unspecified atom stereocenters. The summed E-state index contributed by atoms with van der Waals surface area (Å²) in [6.45, 7) is -0.433. The summed E-state index contributed by atoms with van der Waals surface area (Å²) in [7, 11) is 0. The van der Waals surface area contributed by atoms with Crippen LogP contribution in [0.15, 0.2) is 54.6 Å². The fourth-order valence-electron chi connectivity index (χ4n) is 3.75. The lowest BCUT2D eigenvalue weighted by molar-refractivity contribution is -0.154. The number of amides is 2. The van der Waals surface area contributed by atoms with Crippen LogP contribution in [0.25, 0.3) is 0 Å². The molecule has 0 fully saturated rings. The Balaban J connectivity index is 1.81. The van der Waals surface area contributed by atoms with Crippen molar-refractivity contribution < 1.29 is 34.2 Å². The van der Waals surface area contributed by atoms with Crippen LogP contribution in [0.4, 0.5) is 0 Å². The van der Waals surface area contributed by atoms with Gasteiger partial charge in [-0.05, 0) is 18.1 Å². The van der Waals surface area contributed by atoms with Gasteiger partial charge in [0, 0.05) is 5.56 Å². The van der Waals surface area contributed by atoms with Crippen molar-refractivity contribution in [2.24, 2.45) is 5.92 Å². The molecule has 3 rings (SSSR count). The van der Waals surface area contributed by atoms with Crippen molar-refractivity contribution in [3.63, 3.8) is 0 Å². The number of carbonyl (C=O) groups excluding carboxylic acids is 3. The first-order valence-corrected chi connectivity index (χ1v) is 10.1. The number of hydroxylamine groups is 2. The van der Waals surface area contributed by atoms with E-state index in [0.29, 0.717) is 16.4 Å². The standard InChI is InChI=1S/C23H24N2O7/c26-14-25(31)12-16(10-15-6-2-1-3-7-15)23(30)24-19-13-32-20-9-5-4-8-17(20)18(22(19)29)11-21(27)28/h1-9,14,16,18-19,31H,10-13H2,(H,24,30)(H,27,28)/t16-,18?,19?/m1/s1. The van der Waals surface area contributed by atoms with Crippen LogP contribution < -0.4 is 10.1 Å². The van der Waals surface area contributed by atoms with E-state index < -0.39 is 42.0 Å². The molecule has 3 atom stereocenters. The van der Waals surface area contributed by atoms with Gasteiger partial charge in [-0.3, -0.25) is 24.4 Å². The van der Waals surface area contributed by atoms with Gasteiger partial charge >= 0.3 is 5.97 Å². The van der Waals surface area contributed by atoms with Crippen LogP contribution in [0, 0.1) is 5.92 Å². The van der Waals surface area contributed by atoms with E-state index in [1.54, 1.807) is 36.4 Å². The lowest BCUT2D eigenvalue weighted by Crippen LogP contribution is -2.49. The fourth-order valence-corrected chi connectivity index (χ4v) is 3.75. The second kappa shape index (κ2) is 10.5. The number of ketones is 1. The molecule has 0 saturated carbocycles. The maximum atomic E-state index is 13.2. The van der Waals surface area contributed by atoms with Crippen LogP contribution in [0.5, 0.6) is 5.75 Å². The average molecular weight is 440 g/mol. The Bertz CT molecular complexity index is 979. The predicted octanol–water partition coefficient (Wildman–Crippen LogP) is 1.40. The average Bonchev–Trinajstić information content (AvgIpc) is 2.91. The lowest BCUT2D eigenvalue weighted by Gasteiger charge is -2.24. The summed E-state index contributed by atoms with van der Waals surface area (Å²) in [5.74, 6) is -3.60. The molecule has 0 spiro atoms. The van der Waals surface area contributed by atoms with Gasteiger partial charge in [0.1, 0.15) is 18.4 Å². The van der Waals surface area contributed by atoms with E-state index in [0.717, 1.165) is 5.56 Å². The first-order valence-electron chi connectivity index (χ1n) is 10.1. The third kappa shape index (κ3) is 5.70. The number of fused-ring (bicyclic) bond motifs is 1. The molecular formula is C23H24N2O7. The van der Waals surface area contributed by atoms with Gasteiger partial charge in [0.2, 0.25) is 12.3 Å². The quantitative estimate of drug-likeness (QED) is 0.305. The van der Waals surface area contributed by atoms with Gasteiger partial charge in [-0.15, -0.1) is 0 Å². The van der Waals surface area contributed by atoms with E-state index in [1.165, 1.54) is 0 Å². The molecule has 0 aliphatic carbocycles. The number of rotatable bonds is 9. The van der Waals surface area contributed by atoms with E-state index in [-0.39, 0.29) is 26.0 Å². The van der Waals surface area contributed by atoms with Crippen molar-refractivity contribution >= 4 is 24.1 Å². The van der Waals surface area contributed by atoms with Gasteiger partial charge < -0.3 is 15.2 Å². The smallest absolute Gasteiger partial charge is 0.304 e. The Morgan fingerprint density at radius 3 is 2.53 bits per heavy atom. The monoisotopic (exact) mass is 440 g/mol. The Kier molecular flexibility index (Phi) is 7.56. The number of nitrogens with one attached hydrogen (secondary N) is 1. The number of Topliss-reactive ketones (excluding diaryl/α,β-unsaturated/α-hetero) is 1. The number of para-hydroxylation sites is 1. The molecule has 3 N–H and O–H groups in total. The van der Waals surface area contributed by atoms with Crippen LogP contribution >= 0.6 is 0 Å². The van der Waals surface area contributed by atoms with Crippen molar-refractivity contribution in [2.45, 2.75) is 24.8 Å². The summed E-state index contributed by atoms with van der Waals surface area (Å²) in [6, 6.07) is 14.6. The number of benzene rings is 2. The summed E-state index contributed by atoms with van der Waals surface area (Å²) in [5.41, 5.74) is 1.27. The van der Waals surface area contributed by atoms with Gasteiger partial charge in [0.05, 0.1) is 24.8 Å². The molecule has 168 valence electrons. The molecule has 2 aromatic rings. The Hall–Kier alpha value is -3.72. The number of aliphatic carboxylic acids is 1. The molecule has 2 amide bonds. The third-order valence-corrected chi connectivity index (χ3v) is 5.31. The highest BCUT2D eigenvalue weighted by Crippen LogP contribution is 2.33. The molecule has 0 radical (unpaired) electrons. The minimum absolute atomic E-state index is 0.160. The summed E-state index contributed by atoms with van der Waals surface area (Å²) >= 11 is 0. The van der Waals surface area contributed by atoms with Crippen LogP contribution in [-0.2, 0) is 25.6 Å². The highest BCUT2D eigenvalue weighted by atomic mass is 16.5. The molecule has 1 aliphatic rings. The van der Waals surface area contributed by atoms with Gasteiger partial charge in [-0.2, -0.15) is 0 Å². The first-order chi connectivity index (χ1) is 15.4. The number of carboxylic acid groups (broad SMARTS) is 1.